The van der Waals surface area contributed by atoms with E-state index in [0.717, 1.165) is 27.8 Å². The molecule has 13 heteroatoms. The number of hydrogen-bond acceptors (Lipinski definition) is 11. The van der Waals surface area contributed by atoms with E-state index in [0.29, 0.717) is 6.61 Å². The number of carbonyl (C=O) groups excluding carboxylic acids is 2. The average Bonchev–Trinajstić information content (AvgIpc) is 3.31. The van der Waals surface area contributed by atoms with Crippen LogP contribution in [0.25, 0.3) is 0 Å². The first-order valence-corrected chi connectivity index (χ1v) is 21.7. The highest BCUT2D eigenvalue weighted by atomic mass is 16.7. The molecule has 2 aliphatic rings. The van der Waals surface area contributed by atoms with Crippen LogP contribution in [0.5, 0.6) is 0 Å². The van der Waals surface area contributed by atoms with Crippen molar-refractivity contribution in [2.75, 3.05) is 13.2 Å². The van der Waals surface area contributed by atoms with Crippen LogP contribution in [-0.4, -0.2) is 91.4 Å². The van der Waals surface area contributed by atoms with Crippen molar-refractivity contribution in [2.24, 2.45) is 0 Å². The number of aliphatic hydroxyl groups excluding tert-OH is 1. The van der Waals surface area contributed by atoms with E-state index >= 15 is 0 Å². The second-order valence-corrected chi connectivity index (χ2v) is 15.9. The molecule has 2 heterocycles. The predicted molar refractivity (Wildman–Crippen MR) is 237 cm³/mol. The highest BCUT2D eigenvalue weighted by Gasteiger charge is 2.54. The average molecular weight is 875 g/mol. The van der Waals surface area contributed by atoms with Crippen molar-refractivity contribution in [2.45, 2.75) is 108 Å². The number of carbonyl (C=O) groups is 2. The molecule has 13 nitrogen and oxygen atoms in total. The molecular weight excluding hydrogens is 817 g/mol. The van der Waals surface area contributed by atoms with E-state index in [-0.39, 0.29) is 45.5 Å². The summed E-state index contributed by atoms with van der Waals surface area (Å²) in [6, 6.07) is 46.5. The minimum absolute atomic E-state index is 0.0352. The maximum Gasteiger partial charge on any atom is 0.217 e. The van der Waals surface area contributed by atoms with Crippen LogP contribution in [0.1, 0.15) is 41.7 Å². The second kappa shape index (κ2) is 24.1. The summed E-state index contributed by atoms with van der Waals surface area (Å²) >= 11 is 0. The van der Waals surface area contributed by atoms with Crippen molar-refractivity contribution in [1.29, 1.82) is 0 Å². The molecule has 2 amide bonds. The maximum absolute atomic E-state index is 13.3. The van der Waals surface area contributed by atoms with Gasteiger partial charge < -0.3 is 53.6 Å². The quantitative estimate of drug-likeness (QED) is 0.0795. The van der Waals surface area contributed by atoms with Gasteiger partial charge in [0.05, 0.1) is 46.2 Å². The zero-order chi connectivity index (χ0) is 44.5. The molecular formula is C51H58N2O11. The monoisotopic (exact) mass is 874 g/mol. The number of hydrogen-bond donors (Lipinski definition) is 3. The Morgan fingerprint density at radius 2 is 0.812 bits per heavy atom. The van der Waals surface area contributed by atoms with Gasteiger partial charge in [-0.05, 0) is 27.8 Å². The highest BCUT2D eigenvalue weighted by Crippen LogP contribution is 2.34. The number of aliphatic hydroxyl groups is 1. The fourth-order valence-electron chi connectivity index (χ4n) is 7.94. The lowest BCUT2D eigenvalue weighted by molar-refractivity contribution is -0.340. The summed E-state index contributed by atoms with van der Waals surface area (Å²) in [5.74, 6) is -0.769. The zero-order valence-electron chi connectivity index (χ0n) is 36.2. The molecule has 5 aromatic rings. The van der Waals surface area contributed by atoms with E-state index < -0.39 is 67.2 Å². The van der Waals surface area contributed by atoms with Crippen LogP contribution in [0.4, 0.5) is 0 Å². The molecule has 0 aliphatic carbocycles. The molecule has 1 unspecified atom stereocenters. The maximum atomic E-state index is 13.3. The summed E-state index contributed by atoms with van der Waals surface area (Å²) in [5.41, 5.74) is 4.60. The largest absolute Gasteiger partial charge is 0.374 e. The van der Waals surface area contributed by atoms with Gasteiger partial charge in [0.2, 0.25) is 11.8 Å². The third kappa shape index (κ3) is 13.6. The summed E-state index contributed by atoms with van der Waals surface area (Å²) < 4.78 is 53.1. The van der Waals surface area contributed by atoms with Crippen LogP contribution in [0, 0.1) is 0 Å². The smallest absolute Gasteiger partial charge is 0.217 e. The zero-order valence-corrected chi connectivity index (χ0v) is 36.2. The standard InChI is InChI=1S/C51H58N2O11/c1-35(54)52-44-48(60-31-40-24-14-6-15-25-40)47(43(62-50(44)56)34-58-29-38-20-10-4-11-21-38)64-51-45(53-36(2)55)49(61-32-41-26-16-7-17-27-41)46(59-30-39-22-12-5-13-23-39)42(63-51)33-57-28-37-18-8-3-9-19-37/h3-27,42-51,56H,28-34H2,1-2H3,(H,52,54)(H,53,55)/t42-,43-,44-,45-,46-,47-,48-,49-,50?,51+/m1/s1. The molecule has 5 aromatic carbocycles. The lowest BCUT2D eigenvalue weighted by atomic mass is 9.93. The van der Waals surface area contributed by atoms with Gasteiger partial charge in [-0.15, -0.1) is 0 Å². The lowest BCUT2D eigenvalue weighted by Crippen LogP contribution is -2.70. The Labute approximate surface area is 374 Å². The van der Waals surface area contributed by atoms with E-state index in [1.807, 2.05) is 152 Å². The molecule has 0 aromatic heterocycles. The third-order valence-electron chi connectivity index (χ3n) is 11.0. The van der Waals surface area contributed by atoms with Crippen LogP contribution >= 0.6 is 0 Å². The Kier molecular flexibility index (Phi) is 17.6. The van der Waals surface area contributed by atoms with Gasteiger partial charge in [-0.3, -0.25) is 9.59 Å². The van der Waals surface area contributed by atoms with Gasteiger partial charge in [-0.25, -0.2) is 0 Å². The van der Waals surface area contributed by atoms with Crippen molar-refractivity contribution in [3.63, 3.8) is 0 Å². The van der Waals surface area contributed by atoms with Crippen molar-refractivity contribution < 1.29 is 52.6 Å². The second-order valence-electron chi connectivity index (χ2n) is 15.9. The number of benzene rings is 5. The van der Waals surface area contributed by atoms with Gasteiger partial charge in [0.15, 0.2) is 12.6 Å². The van der Waals surface area contributed by atoms with Crippen molar-refractivity contribution in [3.05, 3.63) is 179 Å². The topological polar surface area (TPSA) is 152 Å². The SMILES string of the molecule is CC(=O)N[C@H]1[C@H](O[C@H]2[C@H](OCc3ccccc3)[C@@H](NC(C)=O)C(O)O[C@@H]2COCc2ccccc2)O[C@H](COCc2ccccc2)[C@@H](OCc2ccccc2)[C@@H]1OCc1ccccc1. The van der Waals surface area contributed by atoms with E-state index in [4.69, 9.17) is 37.9 Å². The Morgan fingerprint density at radius 3 is 1.22 bits per heavy atom. The Hall–Kier alpha value is -5.32. The van der Waals surface area contributed by atoms with Gasteiger partial charge >= 0.3 is 0 Å². The summed E-state index contributed by atoms with van der Waals surface area (Å²) in [6.45, 7) is 3.86. The Balaban J connectivity index is 1.25. The Morgan fingerprint density at radius 1 is 0.469 bits per heavy atom. The fourth-order valence-corrected chi connectivity index (χ4v) is 7.94. The van der Waals surface area contributed by atoms with Gasteiger partial charge in [-0.2, -0.15) is 0 Å². The van der Waals surface area contributed by atoms with E-state index in [1.54, 1.807) is 0 Å². The van der Waals surface area contributed by atoms with Crippen molar-refractivity contribution >= 4 is 11.8 Å². The van der Waals surface area contributed by atoms with E-state index in [9.17, 15) is 14.7 Å². The molecule has 0 bridgehead atoms. The molecule has 0 saturated carbocycles. The first kappa shape index (κ1) is 46.7. The summed E-state index contributed by atoms with van der Waals surface area (Å²) in [6.07, 6.45) is -8.15. The molecule has 2 aliphatic heterocycles. The van der Waals surface area contributed by atoms with Crippen LogP contribution < -0.4 is 10.6 Å². The number of rotatable bonds is 21. The summed E-state index contributed by atoms with van der Waals surface area (Å²) in [7, 11) is 0. The molecule has 7 rings (SSSR count). The van der Waals surface area contributed by atoms with E-state index in [2.05, 4.69) is 10.6 Å². The first-order chi connectivity index (χ1) is 31.3. The number of nitrogens with one attached hydrogen (secondary N) is 2. The third-order valence-corrected chi connectivity index (χ3v) is 11.0. The summed E-state index contributed by atoms with van der Waals surface area (Å²) in [4.78, 5) is 26.0. The van der Waals surface area contributed by atoms with Crippen molar-refractivity contribution in [1.82, 2.24) is 10.6 Å². The molecule has 2 fully saturated rings. The molecule has 3 N–H and O–H groups in total. The fraction of sp³-hybridized carbons (Fsp3) is 0.373. The van der Waals surface area contributed by atoms with Crippen LogP contribution in [0.15, 0.2) is 152 Å². The number of amides is 2. The molecule has 338 valence electrons. The molecule has 0 radical (unpaired) electrons. The van der Waals surface area contributed by atoms with Gasteiger partial charge in [-0.1, -0.05) is 152 Å². The van der Waals surface area contributed by atoms with Crippen LogP contribution in [0.3, 0.4) is 0 Å². The minimum atomic E-state index is -1.50. The Bertz CT molecular complexity index is 2120. The molecule has 64 heavy (non-hydrogen) atoms. The first-order valence-electron chi connectivity index (χ1n) is 21.7. The van der Waals surface area contributed by atoms with Gasteiger partial charge in [0.1, 0.15) is 48.7 Å². The minimum Gasteiger partial charge on any atom is -0.374 e. The normalized spacial score (nSPS) is 25.6. The lowest BCUT2D eigenvalue weighted by Gasteiger charge is -2.50. The summed E-state index contributed by atoms with van der Waals surface area (Å²) in [5, 5.41) is 17.4. The molecule has 2 saturated heterocycles. The number of ether oxygens (including phenoxy) is 8. The van der Waals surface area contributed by atoms with Crippen LogP contribution in [0.2, 0.25) is 0 Å². The van der Waals surface area contributed by atoms with Gasteiger partial charge in [0, 0.05) is 13.8 Å². The highest BCUT2D eigenvalue weighted by molar-refractivity contribution is 5.73. The van der Waals surface area contributed by atoms with Crippen molar-refractivity contribution in [3.8, 4) is 0 Å². The molecule has 0 spiro atoms. The van der Waals surface area contributed by atoms with Gasteiger partial charge in [0.25, 0.3) is 0 Å². The predicted octanol–water partition coefficient (Wildman–Crippen LogP) is 6.01. The van der Waals surface area contributed by atoms with E-state index in [1.165, 1.54) is 13.8 Å². The van der Waals surface area contributed by atoms with Crippen LogP contribution in [-0.2, 0) is 80.5 Å². The molecule has 10 atom stereocenters.